The third kappa shape index (κ3) is 4.26. The molecule has 3 rings (SSSR count). The van der Waals surface area contributed by atoms with Gasteiger partial charge in [0.15, 0.2) is 23.3 Å². The first-order valence-corrected chi connectivity index (χ1v) is 8.70. The van der Waals surface area contributed by atoms with Crippen molar-refractivity contribution in [3.63, 3.8) is 0 Å². The minimum Gasteiger partial charge on any atom is -0.378 e. The quantitative estimate of drug-likeness (QED) is 0.267. The minimum atomic E-state index is -2.33. The van der Waals surface area contributed by atoms with Crippen molar-refractivity contribution in [3.05, 3.63) is 64.5 Å². The van der Waals surface area contributed by atoms with Gasteiger partial charge in [0.25, 0.3) is 5.91 Å². The summed E-state index contributed by atoms with van der Waals surface area (Å²) in [5.74, 6) is -12.0. The number of hydrogen-bond acceptors (Lipinski definition) is 4. The molecule has 0 saturated carbocycles. The molecule has 1 amide bonds. The van der Waals surface area contributed by atoms with Crippen molar-refractivity contribution in [1.29, 1.82) is 5.26 Å². The summed E-state index contributed by atoms with van der Waals surface area (Å²) in [4.78, 5) is 14.3. The number of ether oxygens (including phenoxy) is 1. The third-order valence-electron chi connectivity index (χ3n) is 4.40. The number of morpholine rings is 1. The summed E-state index contributed by atoms with van der Waals surface area (Å²) in [7, 11) is 0. The molecule has 2 aromatic carbocycles. The molecule has 30 heavy (non-hydrogen) atoms. The Bertz CT molecular complexity index is 1010. The lowest BCUT2D eigenvalue weighted by Crippen LogP contribution is -2.36. The van der Waals surface area contributed by atoms with Crippen LogP contribution in [0.5, 0.6) is 0 Å². The Balaban J connectivity index is 1.81. The minimum absolute atomic E-state index is 0.274. The highest BCUT2D eigenvalue weighted by Crippen LogP contribution is 2.25. The summed E-state index contributed by atoms with van der Waals surface area (Å²) in [6.45, 7) is 2.59. The molecular weight excluding hydrogens is 409 g/mol. The maximum absolute atomic E-state index is 13.8. The van der Waals surface area contributed by atoms with Gasteiger partial charge in [-0.3, -0.25) is 4.79 Å². The van der Waals surface area contributed by atoms with Crippen LogP contribution in [0, 0.1) is 40.4 Å². The van der Waals surface area contributed by atoms with Gasteiger partial charge in [0.2, 0.25) is 5.82 Å². The molecule has 0 atom stereocenters. The average molecular weight is 423 g/mol. The largest absolute Gasteiger partial charge is 0.378 e. The maximum Gasteiger partial charge on any atom is 0.266 e. The van der Waals surface area contributed by atoms with Crippen LogP contribution in [-0.4, -0.2) is 32.2 Å². The molecule has 0 bridgehead atoms. The predicted octanol–water partition coefficient (Wildman–Crippen LogP) is 3.76. The van der Waals surface area contributed by atoms with E-state index < -0.39 is 46.1 Å². The van der Waals surface area contributed by atoms with E-state index in [9.17, 15) is 26.7 Å². The summed E-state index contributed by atoms with van der Waals surface area (Å²) in [6.07, 6.45) is 0.313. The fourth-order valence-electron chi connectivity index (χ4n) is 2.82. The molecule has 0 aliphatic carbocycles. The van der Waals surface area contributed by atoms with Crippen molar-refractivity contribution in [2.75, 3.05) is 36.5 Å². The van der Waals surface area contributed by atoms with Crippen LogP contribution in [0.2, 0.25) is 0 Å². The van der Waals surface area contributed by atoms with Crippen LogP contribution < -0.4 is 10.2 Å². The highest BCUT2D eigenvalue weighted by molar-refractivity contribution is 6.09. The summed E-state index contributed by atoms with van der Waals surface area (Å²) in [6, 6.07) is 7.95. The van der Waals surface area contributed by atoms with E-state index in [1.165, 1.54) is 6.07 Å². The number of halogens is 5. The highest BCUT2D eigenvalue weighted by Gasteiger charge is 2.25. The topological polar surface area (TPSA) is 65.4 Å². The molecular formula is C20H14F5N3O2. The molecule has 0 unspecified atom stereocenters. The van der Waals surface area contributed by atoms with Gasteiger partial charge in [-0.05, 0) is 30.3 Å². The normalized spacial score (nSPS) is 14.4. The van der Waals surface area contributed by atoms with Gasteiger partial charge in [-0.25, -0.2) is 22.0 Å². The van der Waals surface area contributed by atoms with Gasteiger partial charge >= 0.3 is 0 Å². The lowest BCUT2D eigenvalue weighted by molar-refractivity contribution is -0.112. The predicted molar refractivity (Wildman–Crippen MR) is 97.9 cm³/mol. The Morgan fingerprint density at radius 3 is 2.03 bits per heavy atom. The molecule has 0 radical (unpaired) electrons. The molecule has 1 fully saturated rings. The van der Waals surface area contributed by atoms with Gasteiger partial charge in [-0.2, -0.15) is 5.26 Å². The zero-order chi connectivity index (χ0) is 21.8. The Labute approximate surface area is 168 Å². The number of carbonyl (C=O) groups excluding carboxylic acids is 1. The Morgan fingerprint density at radius 2 is 1.50 bits per heavy atom. The number of rotatable bonds is 4. The number of hydrogen-bond donors (Lipinski definition) is 1. The van der Waals surface area contributed by atoms with Crippen molar-refractivity contribution < 1.29 is 31.5 Å². The molecule has 1 heterocycles. The zero-order valence-electron chi connectivity index (χ0n) is 15.3. The van der Waals surface area contributed by atoms with Crippen LogP contribution in [-0.2, 0) is 9.53 Å². The molecule has 1 aliphatic rings. The first-order chi connectivity index (χ1) is 14.3. The van der Waals surface area contributed by atoms with Crippen LogP contribution in [0.3, 0.4) is 0 Å². The summed E-state index contributed by atoms with van der Waals surface area (Å²) in [5.41, 5.74) is -1.06. The number of nitrogens with one attached hydrogen (secondary N) is 1. The Hall–Kier alpha value is -3.45. The van der Waals surface area contributed by atoms with E-state index in [4.69, 9.17) is 10.00 Å². The number of nitrogens with zero attached hydrogens (tertiary/aromatic N) is 2. The average Bonchev–Trinajstić information content (AvgIpc) is 2.77. The summed E-state index contributed by atoms with van der Waals surface area (Å²) < 4.78 is 72.6. The third-order valence-corrected chi connectivity index (χ3v) is 4.40. The van der Waals surface area contributed by atoms with Crippen LogP contribution in [0.4, 0.5) is 33.3 Å². The second-order valence-corrected chi connectivity index (χ2v) is 6.25. The first-order valence-electron chi connectivity index (χ1n) is 8.70. The molecule has 5 nitrogen and oxygen atoms in total. The van der Waals surface area contributed by atoms with Crippen molar-refractivity contribution in [2.45, 2.75) is 0 Å². The van der Waals surface area contributed by atoms with Gasteiger partial charge in [0, 0.05) is 24.5 Å². The lowest BCUT2D eigenvalue weighted by Gasteiger charge is -2.28. The Kier molecular flexibility index (Phi) is 6.32. The van der Waals surface area contributed by atoms with E-state index in [-0.39, 0.29) is 5.69 Å². The molecule has 0 spiro atoms. The van der Waals surface area contributed by atoms with Crippen LogP contribution >= 0.6 is 0 Å². The summed E-state index contributed by atoms with van der Waals surface area (Å²) in [5, 5.41) is 11.5. The van der Waals surface area contributed by atoms with Crippen LogP contribution in [0.1, 0.15) is 5.56 Å². The van der Waals surface area contributed by atoms with E-state index in [0.717, 1.165) is 5.69 Å². The molecule has 1 saturated heterocycles. The molecule has 156 valence electrons. The molecule has 2 aromatic rings. The Morgan fingerprint density at radius 1 is 0.967 bits per heavy atom. The highest BCUT2D eigenvalue weighted by atomic mass is 19.2. The monoisotopic (exact) mass is 423 g/mol. The second-order valence-electron chi connectivity index (χ2n) is 6.25. The standard InChI is InChI=1S/C20H14F5N3O2/c21-15-14(16(22)18(24)19(25)17(15)23)9-11(10-26)20(29)27-12-1-3-13(4-2-12)28-5-7-30-8-6-28/h1-4,9H,5-8H2,(H,27,29). The van der Waals surface area contributed by atoms with Crippen molar-refractivity contribution >= 4 is 23.4 Å². The van der Waals surface area contributed by atoms with Gasteiger partial charge in [0.1, 0.15) is 11.6 Å². The summed E-state index contributed by atoms with van der Waals surface area (Å²) >= 11 is 0. The van der Waals surface area contributed by atoms with E-state index in [1.54, 1.807) is 24.3 Å². The first kappa shape index (κ1) is 21.3. The number of carbonyl (C=O) groups is 1. The van der Waals surface area contributed by atoms with Gasteiger partial charge in [-0.15, -0.1) is 0 Å². The lowest BCUT2D eigenvalue weighted by atomic mass is 10.1. The van der Waals surface area contributed by atoms with Gasteiger partial charge in [-0.1, -0.05) is 0 Å². The van der Waals surface area contributed by atoms with Crippen molar-refractivity contribution in [2.24, 2.45) is 0 Å². The zero-order valence-corrected chi connectivity index (χ0v) is 15.3. The van der Waals surface area contributed by atoms with E-state index in [2.05, 4.69) is 10.2 Å². The molecule has 10 heteroatoms. The van der Waals surface area contributed by atoms with Crippen LogP contribution in [0.25, 0.3) is 6.08 Å². The van der Waals surface area contributed by atoms with Crippen molar-refractivity contribution in [1.82, 2.24) is 0 Å². The van der Waals surface area contributed by atoms with Gasteiger partial charge < -0.3 is 15.0 Å². The van der Waals surface area contributed by atoms with Gasteiger partial charge in [0.05, 0.1) is 18.8 Å². The van der Waals surface area contributed by atoms with E-state index in [1.807, 2.05) is 0 Å². The SMILES string of the molecule is N#CC(=Cc1c(F)c(F)c(F)c(F)c1F)C(=O)Nc1ccc(N2CCOCC2)cc1. The van der Waals surface area contributed by atoms with E-state index >= 15 is 0 Å². The maximum atomic E-state index is 13.8. The van der Waals surface area contributed by atoms with E-state index in [0.29, 0.717) is 32.4 Å². The molecule has 1 aliphatic heterocycles. The molecule has 1 N–H and O–H groups in total. The fraction of sp³-hybridized carbons (Fsp3) is 0.200. The molecule has 0 aromatic heterocycles. The number of amides is 1. The smallest absolute Gasteiger partial charge is 0.266 e. The second kappa shape index (κ2) is 8.92. The number of nitriles is 1. The fourth-order valence-corrected chi connectivity index (χ4v) is 2.82. The van der Waals surface area contributed by atoms with Crippen molar-refractivity contribution in [3.8, 4) is 6.07 Å². The number of anilines is 2. The number of benzene rings is 2. The van der Waals surface area contributed by atoms with Crippen LogP contribution in [0.15, 0.2) is 29.8 Å².